The molecule has 1 aliphatic rings. The van der Waals surface area contributed by atoms with Gasteiger partial charge in [0.1, 0.15) is 0 Å². The first kappa shape index (κ1) is 15.1. The maximum atomic E-state index is 6.14. The van der Waals surface area contributed by atoms with E-state index in [1.807, 2.05) is 17.4 Å². The Morgan fingerprint density at radius 2 is 2.14 bits per heavy atom. The molecule has 1 fully saturated rings. The van der Waals surface area contributed by atoms with E-state index in [0.717, 1.165) is 11.6 Å². The average molecular weight is 320 g/mol. The lowest BCUT2D eigenvalue weighted by Gasteiger charge is -2.30. The molecule has 0 aliphatic carbocycles. The molecule has 1 aromatic heterocycles. The van der Waals surface area contributed by atoms with Crippen LogP contribution in [0.1, 0.15) is 47.7 Å². The van der Waals surface area contributed by atoms with Gasteiger partial charge in [-0.05, 0) is 61.0 Å². The lowest BCUT2D eigenvalue weighted by Crippen LogP contribution is -2.28. The molecule has 1 aromatic carbocycles. The summed E-state index contributed by atoms with van der Waals surface area (Å²) in [6.07, 6.45) is 5.28. The highest BCUT2D eigenvalue weighted by Crippen LogP contribution is 2.36. The zero-order valence-electron chi connectivity index (χ0n) is 12.5. The Morgan fingerprint density at radius 3 is 2.90 bits per heavy atom. The second-order valence-electron chi connectivity index (χ2n) is 5.93. The monoisotopic (exact) mass is 319 g/mol. The van der Waals surface area contributed by atoms with E-state index in [9.17, 15) is 0 Å². The van der Waals surface area contributed by atoms with Gasteiger partial charge in [0.05, 0.1) is 0 Å². The van der Waals surface area contributed by atoms with Crippen molar-refractivity contribution >= 4 is 22.9 Å². The molecule has 2 heterocycles. The van der Waals surface area contributed by atoms with E-state index in [1.165, 1.54) is 43.4 Å². The standard InChI is InChI=1S/C18H22ClNS/c1-14-9-11-21-18(14)17-8-3-2-4-10-20(17)13-15-6-5-7-16(19)12-15/h5-7,9,11-12,17H,2-4,8,10,13H2,1H3/t17-/m0/s1. The summed E-state index contributed by atoms with van der Waals surface area (Å²) in [6.45, 7) is 4.44. The Labute approximate surface area is 136 Å². The lowest BCUT2D eigenvalue weighted by molar-refractivity contribution is 0.195. The summed E-state index contributed by atoms with van der Waals surface area (Å²) in [5.74, 6) is 0. The molecule has 0 unspecified atom stereocenters. The predicted molar refractivity (Wildman–Crippen MR) is 92.1 cm³/mol. The van der Waals surface area contributed by atoms with Gasteiger partial charge < -0.3 is 0 Å². The average Bonchev–Trinajstić information content (AvgIpc) is 2.75. The fraction of sp³-hybridized carbons (Fsp3) is 0.444. The van der Waals surface area contributed by atoms with Crippen LogP contribution >= 0.6 is 22.9 Å². The molecule has 3 heteroatoms. The zero-order valence-corrected chi connectivity index (χ0v) is 14.1. The molecule has 1 atom stereocenters. The highest BCUT2D eigenvalue weighted by atomic mass is 35.5. The first-order chi connectivity index (χ1) is 10.2. The first-order valence-electron chi connectivity index (χ1n) is 7.76. The van der Waals surface area contributed by atoms with Crippen LogP contribution in [0.2, 0.25) is 5.02 Å². The lowest BCUT2D eigenvalue weighted by atomic mass is 10.0. The van der Waals surface area contributed by atoms with Crippen molar-refractivity contribution < 1.29 is 0 Å². The minimum atomic E-state index is 0.575. The molecule has 0 saturated carbocycles. The number of benzene rings is 1. The molecule has 1 aliphatic heterocycles. The number of hydrogen-bond acceptors (Lipinski definition) is 2. The second kappa shape index (κ2) is 6.95. The molecule has 1 nitrogen and oxygen atoms in total. The number of hydrogen-bond donors (Lipinski definition) is 0. The van der Waals surface area contributed by atoms with E-state index >= 15 is 0 Å². The number of likely N-dealkylation sites (tertiary alicyclic amines) is 1. The van der Waals surface area contributed by atoms with E-state index in [1.54, 1.807) is 4.88 Å². The van der Waals surface area contributed by atoms with Crippen LogP contribution in [0.5, 0.6) is 0 Å². The molecule has 0 amide bonds. The summed E-state index contributed by atoms with van der Waals surface area (Å²) >= 11 is 8.05. The number of thiophene rings is 1. The van der Waals surface area contributed by atoms with Crippen LogP contribution in [0.4, 0.5) is 0 Å². The Hall–Kier alpha value is -0.830. The fourth-order valence-electron chi connectivity index (χ4n) is 3.25. The van der Waals surface area contributed by atoms with Crippen LogP contribution in [0.3, 0.4) is 0 Å². The van der Waals surface area contributed by atoms with Crippen molar-refractivity contribution in [3.8, 4) is 0 Å². The van der Waals surface area contributed by atoms with Crippen molar-refractivity contribution in [2.24, 2.45) is 0 Å². The van der Waals surface area contributed by atoms with Gasteiger partial charge >= 0.3 is 0 Å². The highest BCUT2D eigenvalue weighted by Gasteiger charge is 2.24. The zero-order chi connectivity index (χ0) is 14.7. The predicted octanol–water partition coefficient (Wildman–Crippen LogP) is 5.83. The van der Waals surface area contributed by atoms with Crippen molar-refractivity contribution in [3.63, 3.8) is 0 Å². The molecule has 2 aromatic rings. The Kier molecular flexibility index (Phi) is 4.99. The second-order valence-corrected chi connectivity index (χ2v) is 7.32. The normalized spacial score (nSPS) is 20.4. The van der Waals surface area contributed by atoms with Gasteiger partial charge in [-0.2, -0.15) is 0 Å². The number of nitrogens with zero attached hydrogens (tertiary/aromatic N) is 1. The molecule has 112 valence electrons. The highest BCUT2D eigenvalue weighted by molar-refractivity contribution is 7.10. The van der Waals surface area contributed by atoms with Gasteiger partial charge in [0.15, 0.2) is 0 Å². The number of aryl methyl sites for hydroxylation is 1. The van der Waals surface area contributed by atoms with Crippen molar-refractivity contribution in [2.45, 2.75) is 45.2 Å². The van der Waals surface area contributed by atoms with Crippen LogP contribution in [0, 0.1) is 6.92 Å². The Balaban J connectivity index is 1.84. The van der Waals surface area contributed by atoms with Gasteiger partial charge in [-0.15, -0.1) is 11.3 Å². The van der Waals surface area contributed by atoms with Crippen LogP contribution < -0.4 is 0 Å². The summed E-state index contributed by atoms with van der Waals surface area (Å²) in [7, 11) is 0. The van der Waals surface area contributed by atoms with Gasteiger partial charge in [-0.1, -0.05) is 36.6 Å². The first-order valence-corrected chi connectivity index (χ1v) is 9.02. The molecular formula is C18H22ClNS. The molecule has 21 heavy (non-hydrogen) atoms. The van der Waals surface area contributed by atoms with Gasteiger partial charge in [-0.3, -0.25) is 4.90 Å². The maximum Gasteiger partial charge on any atom is 0.0447 e. The van der Waals surface area contributed by atoms with E-state index in [4.69, 9.17) is 11.6 Å². The summed E-state index contributed by atoms with van der Waals surface area (Å²) in [5.41, 5.74) is 2.77. The smallest absolute Gasteiger partial charge is 0.0447 e. The maximum absolute atomic E-state index is 6.14. The van der Waals surface area contributed by atoms with Crippen molar-refractivity contribution in [2.75, 3.05) is 6.54 Å². The van der Waals surface area contributed by atoms with Crippen LogP contribution in [0.25, 0.3) is 0 Å². The Bertz CT molecular complexity index is 592. The van der Waals surface area contributed by atoms with E-state index in [0.29, 0.717) is 6.04 Å². The van der Waals surface area contributed by atoms with Gasteiger partial charge in [0, 0.05) is 22.5 Å². The fourth-order valence-corrected chi connectivity index (χ4v) is 4.56. The van der Waals surface area contributed by atoms with Gasteiger partial charge in [0.2, 0.25) is 0 Å². The molecule has 0 spiro atoms. The number of halogens is 1. The SMILES string of the molecule is Cc1ccsc1[C@@H]1CCCCCN1Cc1cccc(Cl)c1. The third kappa shape index (κ3) is 3.68. The topological polar surface area (TPSA) is 3.24 Å². The summed E-state index contributed by atoms with van der Waals surface area (Å²) in [6, 6.07) is 11.1. The molecule has 0 bridgehead atoms. The number of rotatable bonds is 3. The minimum Gasteiger partial charge on any atom is -0.291 e. The summed E-state index contributed by atoms with van der Waals surface area (Å²) in [4.78, 5) is 4.20. The largest absolute Gasteiger partial charge is 0.291 e. The van der Waals surface area contributed by atoms with Crippen molar-refractivity contribution in [3.05, 3.63) is 56.7 Å². The van der Waals surface area contributed by atoms with Gasteiger partial charge in [0.25, 0.3) is 0 Å². The Morgan fingerprint density at radius 1 is 1.24 bits per heavy atom. The van der Waals surface area contributed by atoms with E-state index < -0.39 is 0 Å². The molecule has 3 rings (SSSR count). The third-order valence-corrected chi connectivity index (χ3v) is 5.70. The molecule has 0 radical (unpaired) electrons. The van der Waals surface area contributed by atoms with Crippen LogP contribution in [0.15, 0.2) is 35.7 Å². The van der Waals surface area contributed by atoms with E-state index in [2.05, 4.69) is 41.5 Å². The molecule has 0 N–H and O–H groups in total. The quantitative estimate of drug-likeness (QED) is 0.688. The van der Waals surface area contributed by atoms with Crippen molar-refractivity contribution in [1.29, 1.82) is 0 Å². The van der Waals surface area contributed by atoms with Crippen LogP contribution in [-0.2, 0) is 6.54 Å². The van der Waals surface area contributed by atoms with E-state index in [-0.39, 0.29) is 0 Å². The van der Waals surface area contributed by atoms with Crippen molar-refractivity contribution in [1.82, 2.24) is 4.90 Å². The summed E-state index contributed by atoms with van der Waals surface area (Å²) < 4.78 is 0. The summed E-state index contributed by atoms with van der Waals surface area (Å²) in [5, 5.41) is 3.07. The van der Waals surface area contributed by atoms with Crippen LogP contribution in [-0.4, -0.2) is 11.4 Å². The molecule has 1 saturated heterocycles. The van der Waals surface area contributed by atoms with Gasteiger partial charge in [-0.25, -0.2) is 0 Å². The minimum absolute atomic E-state index is 0.575. The molecular weight excluding hydrogens is 298 g/mol. The third-order valence-electron chi connectivity index (χ3n) is 4.34.